The molecule has 1 aromatic heterocycles. The van der Waals surface area contributed by atoms with Gasteiger partial charge in [0, 0.05) is 18.5 Å². The fourth-order valence-electron chi connectivity index (χ4n) is 2.27. The third-order valence-corrected chi connectivity index (χ3v) is 3.21. The fourth-order valence-corrected chi connectivity index (χ4v) is 2.27. The molecule has 3 nitrogen and oxygen atoms in total. The van der Waals surface area contributed by atoms with Crippen LogP contribution < -0.4 is 10.1 Å². The van der Waals surface area contributed by atoms with Gasteiger partial charge >= 0.3 is 6.61 Å². The number of benzene rings is 1. The zero-order valence-corrected chi connectivity index (χ0v) is 12.1. The molecule has 1 aromatic carbocycles. The Kier molecular flexibility index (Phi) is 5.33. The summed E-state index contributed by atoms with van der Waals surface area (Å²) in [5, 5.41) is 3.41. The van der Waals surface area contributed by atoms with Crippen molar-refractivity contribution in [1.82, 2.24) is 5.32 Å². The Bertz CT molecular complexity index is 543. The maximum atomic E-state index is 12.2. The first-order chi connectivity index (χ1) is 10.0. The van der Waals surface area contributed by atoms with Crippen LogP contribution in [0.4, 0.5) is 8.78 Å². The second-order valence-electron chi connectivity index (χ2n) is 5.02. The third kappa shape index (κ3) is 4.86. The SMILES string of the molecule is CC(Cc1ccco1)NC(C)c1cccc(OC(F)F)c1. The second-order valence-corrected chi connectivity index (χ2v) is 5.02. The van der Waals surface area contributed by atoms with E-state index in [-0.39, 0.29) is 17.8 Å². The Labute approximate surface area is 122 Å². The van der Waals surface area contributed by atoms with Crippen molar-refractivity contribution in [3.05, 3.63) is 54.0 Å². The summed E-state index contributed by atoms with van der Waals surface area (Å²) in [4.78, 5) is 0. The van der Waals surface area contributed by atoms with E-state index in [4.69, 9.17) is 4.42 Å². The second kappa shape index (κ2) is 7.22. The smallest absolute Gasteiger partial charge is 0.387 e. The highest BCUT2D eigenvalue weighted by Crippen LogP contribution is 2.21. The minimum atomic E-state index is -2.80. The molecule has 1 heterocycles. The summed E-state index contributed by atoms with van der Waals surface area (Å²) >= 11 is 0. The molecule has 114 valence electrons. The molecule has 0 radical (unpaired) electrons. The van der Waals surface area contributed by atoms with E-state index >= 15 is 0 Å². The first-order valence-electron chi connectivity index (χ1n) is 6.88. The molecule has 0 aliphatic rings. The van der Waals surface area contributed by atoms with Gasteiger partial charge in [0.2, 0.25) is 0 Å². The number of rotatable bonds is 7. The van der Waals surface area contributed by atoms with Crippen molar-refractivity contribution in [3.8, 4) is 5.75 Å². The van der Waals surface area contributed by atoms with Gasteiger partial charge in [-0.2, -0.15) is 8.78 Å². The molecular formula is C16H19F2NO2. The summed E-state index contributed by atoms with van der Waals surface area (Å²) in [6, 6.07) is 10.8. The zero-order chi connectivity index (χ0) is 15.2. The minimum absolute atomic E-state index is 0.0242. The summed E-state index contributed by atoms with van der Waals surface area (Å²) in [5.41, 5.74) is 0.902. The summed E-state index contributed by atoms with van der Waals surface area (Å²) < 4.78 is 34.2. The number of furan rings is 1. The van der Waals surface area contributed by atoms with Gasteiger partial charge in [0.1, 0.15) is 11.5 Å². The highest BCUT2D eigenvalue weighted by Gasteiger charge is 2.12. The van der Waals surface area contributed by atoms with Gasteiger partial charge in [-0.15, -0.1) is 0 Å². The topological polar surface area (TPSA) is 34.4 Å². The predicted molar refractivity (Wildman–Crippen MR) is 76.5 cm³/mol. The molecule has 0 fully saturated rings. The highest BCUT2D eigenvalue weighted by atomic mass is 19.3. The largest absolute Gasteiger partial charge is 0.469 e. The Hall–Kier alpha value is -1.88. The van der Waals surface area contributed by atoms with E-state index < -0.39 is 6.61 Å². The summed E-state index contributed by atoms with van der Waals surface area (Å²) in [6.07, 6.45) is 2.42. The Balaban J connectivity index is 1.94. The maximum absolute atomic E-state index is 12.2. The van der Waals surface area contributed by atoms with E-state index in [0.29, 0.717) is 0 Å². The van der Waals surface area contributed by atoms with E-state index in [1.807, 2.05) is 25.1 Å². The molecule has 1 N–H and O–H groups in total. The number of hydrogen-bond donors (Lipinski definition) is 1. The fraction of sp³-hybridized carbons (Fsp3) is 0.375. The van der Waals surface area contributed by atoms with Crippen LogP contribution in [-0.2, 0) is 6.42 Å². The van der Waals surface area contributed by atoms with Gasteiger partial charge in [-0.05, 0) is 43.7 Å². The lowest BCUT2D eigenvalue weighted by atomic mass is 10.1. The van der Waals surface area contributed by atoms with Gasteiger partial charge in [0.15, 0.2) is 0 Å². The number of alkyl halides is 2. The van der Waals surface area contributed by atoms with Gasteiger partial charge in [-0.3, -0.25) is 0 Å². The van der Waals surface area contributed by atoms with Crippen LogP contribution in [0.25, 0.3) is 0 Å². The third-order valence-electron chi connectivity index (χ3n) is 3.21. The Morgan fingerprint density at radius 2 is 2.00 bits per heavy atom. The number of nitrogens with one attached hydrogen (secondary N) is 1. The van der Waals surface area contributed by atoms with E-state index in [9.17, 15) is 8.78 Å². The van der Waals surface area contributed by atoms with Crippen molar-refractivity contribution in [3.63, 3.8) is 0 Å². The molecule has 5 heteroatoms. The maximum Gasteiger partial charge on any atom is 0.387 e. The number of halogens is 2. The van der Waals surface area contributed by atoms with Crippen LogP contribution in [0.5, 0.6) is 5.75 Å². The molecule has 0 saturated heterocycles. The van der Waals surface area contributed by atoms with Crippen LogP contribution in [0.3, 0.4) is 0 Å². The van der Waals surface area contributed by atoms with Gasteiger partial charge in [-0.25, -0.2) is 0 Å². The lowest BCUT2D eigenvalue weighted by Crippen LogP contribution is -2.30. The summed E-state index contributed by atoms with van der Waals surface area (Å²) in [7, 11) is 0. The van der Waals surface area contributed by atoms with Crippen LogP contribution in [0.1, 0.15) is 31.2 Å². The monoisotopic (exact) mass is 295 g/mol. The van der Waals surface area contributed by atoms with Crippen LogP contribution >= 0.6 is 0 Å². The van der Waals surface area contributed by atoms with E-state index in [0.717, 1.165) is 17.7 Å². The van der Waals surface area contributed by atoms with Gasteiger partial charge < -0.3 is 14.5 Å². The lowest BCUT2D eigenvalue weighted by molar-refractivity contribution is -0.0499. The van der Waals surface area contributed by atoms with Crippen molar-refractivity contribution < 1.29 is 17.9 Å². The average Bonchev–Trinajstić information content (AvgIpc) is 2.90. The number of hydrogen-bond acceptors (Lipinski definition) is 3. The van der Waals surface area contributed by atoms with E-state index in [2.05, 4.69) is 17.0 Å². The Morgan fingerprint density at radius 3 is 2.67 bits per heavy atom. The molecule has 21 heavy (non-hydrogen) atoms. The highest BCUT2D eigenvalue weighted by molar-refractivity contribution is 5.30. The van der Waals surface area contributed by atoms with Crippen LogP contribution in [-0.4, -0.2) is 12.7 Å². The van der Waals surface area contributed by atoms with Crippen molar-refractivity contribution in [1.29, 1.82) is 0 Å². The van der Waals surface area contributed by atoms with Crippen LogP contribution in [0, 0.1) is 0 Å². The molecular weight excluding hydrogens is 276 g/mol. The molecule has 0 spiro atoms. The molecule has 2 aromatic rings. The van der Waals surface area contributed by atoms with Gasteiger partial charge in [0.25, 0.3) is 0 Å². The number of ether oxygens (including phenoxy) is 1. The first-order valence-corrected chi connectivity index (χ1v) is 6.88. The molecule has 0 amide bonds. The van der Waals surface area contributed by atoms with Crippen molar-refractivity contribution >= 4 is 0 Å². The average molecular weight is 295 g/mol. The molecule has 2 unspecified atom stereocenters. The van der Waals surface area contributed by atoms with Gasteiger partial charge in [-0.1, -0.05) is 12.1 Å². The van der Waals surface area contributed by atoms with E-state index in [1.165, 1.54) is 6.07 Å². The standard InChI is InChI=1S/C16H19F2NO2/c1-11(9-14-7-4-8-20-14)19-12(2)13-5-3-6-15(10-13)21-16(17)18/h3-8,10-12,16,19H,9H2,1-2H3. The zero-order valence-electron chi connectivity index (χ0n) is 12.1. The molecule has 0 saturated carbocycles. The molecule has 2 atom stereocenters. The van der Waals surface area contributed by atoms with E-state index in [1.54, 1.807) is 18.4 Å². The molecule has 0 aliphatic carbocycles. The molecule has 2 rings (SSSR count). The van der Waals surface area contributed by atoms with Crippen molar-refractivity contribution in [2.45, 2.75) is 39.0 Å². The molecule has 0 bridgehead atoms. The van der Waals surface area contributed by atoms with Crippen LogP contribution in [0.15, 0.2) is 47.1 Å². The van der Waals surface area contributed by atoms with Crippen molar-refractivity contribution in [2.24, 2.45) is 0 Å². The summed E-state index contributed by atoms with van der Waals surface area (Å²) in [6.45, 7) is 1.24. The Morgan fingerprint density at radius 1 is 1.19 bits per heavy atom. The molecule has 0 aliphatic heterocycles. The van der Waals surface area contributed by atoms with Gasteiger partial charge in [0.05, 0.1) is 6.26 Å². The lowest BCUT2D eigenvalue weighted by Gasteiger charge is -2.20. The quantitative estimate of drug-likeness (QED) is 0.832. The first kappa shape index (κ1) is 15.5. The summed E-state index contributed by atoms with van der Waals surface area (Å²) in [5.74, 6) is 1.09. The minimum Gasteiger partial charge on any atom is -0.469 e. The van der Waals surface area contributed by atoms with Crippen molar-refractivity contribution in [2.75, 3.05) is 0 Å². The predicted octanol–water partition coefficient (Wildman–Crippen LogP) is 4.16. The van der Waals surface area contributed by atoms with Crippen LogP contribution in [0.2, 0.25) is 0 Å². The normalized spacial score (nSPS) is 14.1.